The number of hydrogen-bond acceptors (Lipinski definition) is 3. The van der Waals surface area contributed by atoms with Gasteiger partial charge in [-0.1, -0.05) is 6.07 Å². The quantitative estimate of drug-likeness (QED) is 0.855. The summed E-state index contributed by atoms with van der Waals surface area (Å²) in [5.74, 6) is -0.928. The number of carboxylic acids is 1. The van der Waals surface area contributed by atoms with Crippen molar-refractivity contribution in [3.05, 3.63) is 41.6 Å². The molecule has 0 amide bonds. The Kier molecular flexibility index (Phi) is 2.83. The van der Waals surface area contributed by atoms with Crippen molar-refractivity contribution in [3.8, 4) is 0 Å². The number of carbonyl (C=O) groups is 1. The topological polar surface area (TPSA) is 59.4 Å². The van der Waals surface area contributed by atoms with Gasteiger partial charge in [0.05, 0.1) is 23.4 Å². The van der Waals surface area contributed by atoms with Crippen LogP contribution in [0.5, 0.6) is 0 Å². The first kappa shape index (κ1) is 10.6. The van der Waals surface area contributed by atoms with E-state index in [4.69, 9.17) is 9.84 Å². The summed E-state index contributed by atoms with van der Waals surface area (Å²) in [6.07, 6.45) is 0. The molecule has 1 N–H and O–H groups in total. The lowest BCUT2D eigenvalue weighted by Gasteiger charge is -2.02. The van der Waals surface area contributed by atoms with E-state index in [0.717, 1.165) is 16.6 Å². The van der Waals surface area contributed by atoms with Crippen molar-refractivity contribution in [3.63, 3.8) is 0 Å². The van der Waals surface area contributed by atoms with Crippen LogP contribution in [0.2, 0.25) is 0 Å². The third-order valence-corrected chi connectivity index (χ3v) is 2.29. The van der Waals surface area contributed by atoms with Crippen molar-refractivity contribution in [1.29, 1.82) is 0 Å². The number of nitrogens with zero attached hydrogens (tertiary/aromatic N) is 1. The number of pyridine rings is 1. The highest BCUT2D eigenvalue weighted by molar-refractivity contribution is 5.93. The fraction of sp³-hybridized carbons (Fsp3) is 0.167. The monoisotopic (exact) mass is 217 g/mol. The minimum atomic E-state index is -0.928. The van der Waals surface area contributed by atoms with Crippen LogP contribution in [0.15, 0.2) is 30.3 Å². The van der Waals surface area contributed by atoms with Gasteiger partial charge in [-0.2, -0.15) is 0 Å². The third-order valence-electron chi connectivity index (χ3n) is 2.29. The van der Waals surface area contributed by atoms with Crippen LogP contribution in [0.1, 0.15) is 16.1 Å². The molecule has 1 aromatic carbocycles. The second-order valence-corrected chi connectivity index (χ2v) is 3.45. The van der Waals surface area contributed by atoms with E-state index in [1.54, 1.807) is 25.3 Å². The Hall–Kier alpha value is -1.94. The molecule has 1 heterocycles. The number of aromatic carboxylic acids is 1. The average molecular weight is 217 g/mol. The second-order valence-electron chi connectivity index (χ2n) is 3.45. The number of aromatic nitrogens is 1. The Bertz CT molecular complexity index is 537. The van der Waals surface area contributed by atoms with Gasteiger partial charge in [-0.25, -0.2) is 4.79 Å². The van der Waals surface area contributed by atoms with Gasteiger partial charge >= 0.3 is 5.97 Å². The maximum Gasteiger partial charge on any atom is 0.335 e. The average Bonchev–Trinajstić information content (AvgIpc) is 2.28. The lowest BCUT2D eigenvalue weighted by Crippen LogP contribution is -1.97. The molecule has 0 bridgehead atoms. The number of rotatable bonds is 3. The molecule has 0 radical (unpaired) electrons. The van der Waals surface area contributed by atoms with Gasteiger partial charge < -0.3 is 9.84 Å². The van der Waals surface area contributed by atoms with Crippen molar-refractivity contribution >= 4 is 16.9 Å². The van der Waals surface area contributed by atoms with E-state index >= 15 is 0 Å². The van der Waals surface area contributed by atoms with Crippen LogP contribution >= 0.6 is 0 Å². The van der Waals surface area contributed by atoms with E-state index in [1.807, 2.05) is 12.1 Å². The zero-order chi connectivity index (χ0) is 11.5. The molecule has 2 rings (SSSR count). The molecule has 4 nitrogen and oxygen atoms in total. The predicted octanol–water partition coefficient (Wildman–Crippen LogP) is 2.08. The smallest absolute Gasteiger partial charge is 0.335 e. The number of carboxylic acid groups (broad SMARTS) is 1. The molecular formula is C12H11NO3. The van der Waals surface area contributed by atoms with E-state index < -0.39 is 5.97 Å². The number of hydrogen-bond donors (Lipinski definition) is 1. The maximum absolute atomic E-state index is 10.8. The molecule has 0 aliphatic rings. The molecule has 0 saturated heterocycles. The van der Waals surface area contributed by atoms with Crippen molar-refractivity contribution in [2.45, 2.75) is 6.61 Å². The zero-order valence-electron chi connectivity index (χ0n) is 8.80. The fourth-order valence-corrected chi connectivity index (χ4v) is 1.53. The molecule has 0 saturated carbocycles. The lowest BCUT2D eigenvalue weighted by molar-refractivity contribution is 0.0697. The van der Waals surface area contributed by atoms with Gasteiger partial charge in [0, 0.05) is 12.5 Å². The zero-order valence-corrected chi connectivity index (χ0v) is 8.80. The van der Waals surface area contributed by atoms with Gasteiger partial charge in [-0.3, -0.25) is 4.98 Å². The van der Waals surface area contributed by atoms with Crippen LogP contribution in [-0.4, -0.2) is 23.2 Å². The lowest BCUT2D eigenvalue weighted by atomic mass is 10.1. The summed E-state index contributed by atoms with van der Waals surface area (Å²) < 4.78 is 4.98. The highest BCUT2D eigenvalue weighted by atomic mass is 16.5. The van der Waals surface area contributed by atoms with Crippen molar-refractivity contribution in [2.24, 2.45) is 0 Å². The van der Waals surface area contributed by atoms with Crippen LogP contribution < -0.4 is 0 Å². The number of fused-ring (bicyclic) bond motifs is 1. The molecular weight excluding hydrogens is 206 g/mol. The summed E-state index contributed by atoms with van der Waals surface area (Å²) >= 11 is 0. The van der Waals surface area contributed by atoms with Gasteiger partial charge in [0.1, 0.15) is 0 Å². The minimum absolute atomic E-state index is 0.272. The van der Waals surface area contributed by atoms with E-state index in [1.165, 1.54) is 0 Å². The first-order valence-corrected chi connectivity index (χ1v) is 4.82. The van der Waals surface area contributed by atoms with Crippen LogP contribution in [0.25, 0.3) is 10.9 Å². The van der Waals surface area contributed by atoms with E-state index in [0.29, 0.717) is 6.61 Å². The van der Waals surface area contributed by atoms with Crippen LogP contribution in [0.4, 0.5) is 0 Å². The third kappa shape index (κ3) is 2.01. The molecule has 2 aromatic rings. The number of benzene rings is 1. The standard InChI is InChI=1S/C12H11NO3/c1-16-7-10-4-2-8-6-9(12(14)15)3-5-11(8)13-10/h2-6H,7H2,1H3,(H,14,15). The second kappa shape index (κ2) is 4.28. The summed E-state index contributed by atoms with van der Waals surface area (Å²) in [4.78, 5) is 15.1. The Morgan fingerprint density at radius 1 is 1.38 bits per heavy atom. The fourth-order valence-electron chi connectivity index (χ4n) is 1.53. The predicted molar refractivity (Wildman–Crippen MR) is 59.4 cm³/mol. The highest BCUT2D eigenvalue weighted by Crippen LogP contribution is 2.15. The van der Waals surface area contributed by atoms with Gasteiger partial charge in [-0.15, -0.1) is 0 Å². The van der Waals surface area contributed by atoms with Crippen LogP contribution in [0, 0.1) is 0 Å². The molecule has 16 heavy (non-hydrogen) atoms. The Morgan fingerprint density at radius 3 is 2.88 bits per heavy atom. The largest absolute Gasteiger partial charge is 0.478 e. The van der Waals surface area contributed by atoms with Crippen LogP contribution in [-0.2, 0) is 11.3 Å². The van der Waals surface area contributed by atoms with Crippen molar-refractivity contribution in [2.75, 3.05) is 7.11 Å². The maximum atomic E-state index is 10.8. The summed E-state index contributed by atoms with van der Waals surface area (Å²) in [7, 11) is 1.61. The van der Waals surface area contributed by atoms with Gasteiger partial charge in [-0.05, 0) is 24.3 Å². The molecule has 0 atom stereocenters. The van der Waals surface area contributed by atoms with Crippen molar-refractivity contribution in [1.82, 2.24) is 4.98 Å². The first-order chi connectivity index (χ1) is 7.70. The summed E-state index contributed by atoms with van der Waals surface area (Å²) in [6, 6.07) is 8.55. The SMILES string of the molecule is COCc1ccc2cc(C(=O)O)ccc2n1. The van der Waals surface area contributed by atoms with E-state index in [-0.39, 0.29) is 5.56 Å². The normalized spacial score (nSPS) is 10.6. The summed E-state index contributed by atoms with van der Waals surface area (Å²) in [5, 5.41) is 9.66. The van der Waals surface area contributed by atoms with Gasteiger partial charge in [0.2, 0.25) is 0 Å². The molecule has 82 valence electrons. The summed E-state index contributed by atoms with van der Waals surface area (Å²) in [6.45, 7) is 0.455. The number of ether oxygens (including phenoxy) is 1. The van der Waals surface area contributed by atoms with Gasteiger partial charge in [0.15, 0.2) is 0 Å². The highest BCUT2D eigenvalue weighted by Gasteiger charge is 2.04. The molecule has 0 fully saturated rings. The molecule has 4 heteroatoms. The van der Waals surface area contributed by atoms with Gasteiger partial charge in [0.25, 0.3) is 0 Å². The summed E-state index contributed by atoms with van der Waals surface area (Å²) in [5.41, 5.74) is 1.88. The first-order valence-electron chi connectivity index (χ1n) is 4.82. The Balaban J connectivity index is 2.48. The molecule has 0 spiro atoms. The van der Waals surface area contributed by atoms with Crippen molar-refractivity contribution < 1.29 is 14.6 Å². The number of methoxy groups -OCH3 is 1. The molecule has 0 unspecified atom stereocenters. The van der Waals surface area contributed by atoms with E-state index in [9.17, 15) is 4.79 Å². The minimum Gasteiger partial charge on any atom is -0.478 e. The van der Waals surface area contributed by atoms with E-state index in [2.05, 4.69) is 4.98 Å². The Labute approximate surface area is 92.5 Å². The molecule has 1 aromatic heterocycles. The van der Waals surface area contributed by atoms with Crippen LogP contribution in [0.3, 0.4) is 0 Å². The molecule has 0 aliphatic heterocycles. The Morgan fingerprint density at radius 2 is 2.19 bits per heavy atom. The molecule has 0 aliphatic carbocycles.